The molecule has 0 atom stereocenters. The Morgan fingerprint density at radius 3 is 2.44 bits per heavy atom. The van der Waals surface area contributed by atoms with Crippen LogP contribution >= 0.6 is 11.8 Å². The molecule has 0 unspecified atom stereocenters. The van der Waals surface area contributed by atoms with Crippen molar-refractivity contribution >= 4 is 29.1 Å². The van der Waals surface area contributed by atoms with Crippen molar-refractivity contribution in [3.8, 4) is 5.69 Å². The molecule has 176 valence electrons. The molecule has 2 aromatic carbocycles. The lowest BCUT2D eigenvalue weighted by Gasteiger charge is -2.11. The lowest BCUT2D eigenvalue weighted by Crippen LogP contribution is -2.16. The summed E-state index contributed by atoms with van der Waals surface area (Å²) >= 11 is 1.16. The molecule has 11 heteroatoms. The summed E-state index contributed by atoms with van der Waals surface area (Å²) in [4.78, 5) is 22.6. The number of ether oxygens (including phenoxy) is 1. The standard InChI is InChI=1S/C23H23N5O5S/c1-3-33-22(30)21(15(2)24)19(29)14-34-23-26-25-20(27(23)17-7-5-4-6-8-17)13-16-9-11-18(12-10-16)28(31)32/h4-12,24,29H,3,13-14H2,1-2H3. The van der Waals surface area contributed by atoms with Gasteiger partial charge in [-0.2, -0.15) is 0 Å². The molecule has 0 radical (unpaired) electrons. The third kappa shape index (κ3) is 5.87. The van der Waals surface area contributed by atoms with Gasteiger partial charge >= 0.3 is 5.97 Å². The Bertz CT molecular complexity index is 1220. The number of nitrogens with one attached hydrogen (secondary N) is 1. The van der Waals surface area contributed by atoms with E-state index in [1.807, 2.05) is 34.9 Å². The zero-order valence-electron chi connectivity index (χ0n) is 18.6. The summed E-state index contributed by atoms with van der Waals surface area (Å²) in [5.41, 5.74) is 1.35. The Labute approximate surface area is 199 Å². The third-order valence-corrected chi connectivity index (χ3v) is 5.65. The molecular formula is C23H23N5O5S. The summed E-state index contributed by atoms with van der Waals surface area (Å²) in [6, 6.07) is 15.6. The Hall–Kier alpha value is -3.99. The van der Waals surface area contributed by atoms with Crippen molar-refractivity contribution in [3.63, 3.8) is 0 Å². The molecule has 1 heterocycles. The minimum atomic E-state index is -0.753. The fraction of sp³-hybridized carbons (Fsp3) is 0.217. The van der Waals surface area contributed by atoms with E-state index in [0.717, 1.165) is 23.0 Å². The highest BCUT2D eigenvalue weighted by molar-refractivity contribution is 7.99. The smallest absolute Gasteiger partial charge is 0.343 e. The van der Waals surface area contributed by atoms with Crippen LogP contribution in [0.25, 0.3) is 5.69 Å². The van der Waals surface area contributed by atoms with Gasteiger partial charge in [-0.05, 0) is 31.5 Å². The molecule has 0 amide bonds. The van der Waals surface area contributed by atoms with Gasteiger partial charge in [-0.25, -0.2) is 4.79 Å². The van der Waals surface area contributed by atoms with E-state index < -0.39 is 10.9 Å². The van der Waals surface area contributed by atoms with Gasteiger partial charge in [0, 0.05) is 30.0 Å². The lowest BCUT2D eigenvalue weighted by molar-refractivity contribution is -0.384. The van der Waals surface area contributed by atoms with Crippen LogP contribution in [-0.4, -0.2) is 48.8 Å². The van der Waals surface area contributed by atoms with E-state index >= 15 is 0 Å². The van der Waals surface area contributed by atoms with Crippen molar-refractivity contribution in [2.24, 2.45) is 0 Å². The number of aliphatic hydroxyl groups excluding tert-OH is 1. The van der Waals surface area contributed by atoms with E-state index in [1.54, 1.807) is 19.1 Å². The summed E-state index contributed by atoms with van der Waals surface area (Å²) in [7, 11) is 0. The van der Waals surface area contributed by atoms with Crippen molar-refractivity contribution in [2.45, 2.75) is 25.4 Å². The second-order valence-corrected chi connectivity index (χ2v) is 8.07. The Morgan fingerprint density at radius 2 is 1.85 bits per heavy atom. The highest BCUT2D eigenvalue weighted by atomic mass is 32.2. The molecular weight excluding hydrogens is 458 g/mol. The Kier molecular flexibility index (Phi) is 8.14. The lowest BCUT2D eigenvalue weighted by atomic mass is 10.1. The second-order valence-electron chi connectivity index (χ2n) is 7.13. The Balaban J connectivity index is 1.91. The minimum Gasteiger partial charge on any atom is -0.510 e. The number of esters is 1. The number of aromatic nitrogens is 3. The van der Waals surface area contributed by atoms with E-state index in [4.69, 9.17) is 10.1 Å². The molecule has 0 saturated carbocycles. The van der Waals surface area contributed by atoms with Crippen LogP contribution in [0.4, 0.5) is 5.69 Å². The molecule has 0 fully saturated rings. The van der Waals surface area contributed by atoms with E-state index in [9.17, 15) is 20.0 Å². The first kappa shape index (κ1) is 24.6. The van der Waals surface area contributed by atoms with Crippen LogP contribution in [0.5, 0.6) is 0 Å². The number of non-ortho nitro benzene ring substituents is 1. The van der Waals surface area contributed by atoms with Gasteiger partial charge in [-0.3, -0.25) is 14.7 Å². The number of carbonyl (C=O) groups excluding carboxylic acids is 1. The number of carbonyl (C=O) groups is 1. The first-order valence-corrected chi connectivity index (χ1v) is 11.3. The van der Waals surface area contributed by atoms with Crippen LogP contribution in [0.3, 0.4) is 0 Å². The number of thioether (sulfide) groups is 1. The van der Waals surface area contributed by atoms with Crippen LogP contribution in [0.1, 0.15) is 25.2 Å². The molecule has 10 nitrogen and oxygen atoms in total. The first-order chi connectivity index (χ1) is 16.3. The van der Waals surface area contributed by atoms with Gasteiger partial charge in [0.15, 0.2) is 5.16 Å². The van der Waals surface area contributed by atoms with Gasteiger partial charge in [0.1, 0.15) is 17.2 Å². The average molecular weight is 482 g/mol. The molecule has 0 aliphatic heterocycles. The summed E-state index contributed by atoms with van der Waals surface area (Å²) in [6.45, 7) is 3.18. The molecule has 0 saturated heterocycles. The number of hydrogen-bond donors (Lipinski definition) is 2. The number of benzene rings is 2. The summed E-state index contributed by atoms with van der Waals surface area (Å²) in [5, 5.41) is 38.3. The highest BCUT2D eigenvalue weighted by Gasteiger charge is 2.21. The maximum atomic E-state index is 12.1. The minimum absolute atomic E-state index is 0.00526. The highest BCUT2D eigenvalue weighted by Crippen LogP contribution is 2.26. The van der Waals surface area contributed by atoms with Gasteiger partial charge in [-0.15, -0.1) is 10.2 Å². The van der Waals surface area contributed by atoms with Gasteiger partial charge < -0.3 is 15.3 Å². The summed E-state index contributed by atoms with van der Waals surface area (Å²) in [6.07, 6.45) is 0.371. The van der Waals surface area contributed by atoms with Crippen molar-refractivity contribution in [3.05, 3.63) is 87.4 Å². The normalized spacial score (nSPS) is 11.6. The maximum absolute atomic E-state index is 12.1. The fourth-order valence-corrected chi connectivity index (χ4v) is 4.01. The van der Waals surface area contributed by atoms with Crippen molar-refractivity contribution in [1.82, 2.24) is 14.8 Å². The van der Waals surface area contributed by atoms with Crippen LogP contribution in [0.2, 0.25) is 0 Å². The topological polar surface area (TPSA) is 144 Å². The molecule has 0 aliphatic carbocycles. The van der Waals surface area contributed by atoms with E-state index in [1.165, 1.54) is 19.1 Å². The van der Waals surface area contributed by atoms with Crippen molar-refractivity contribution in [2.75, 3.05) is 12.4 Å². The number of aliphatic hydroxyl groups is 1. The molecule has 0 spiro atoms. The van der Waals surface area contributed by atoms with Gasteiger partial charge in [-0.1, -0.05) is 42.1 Å². The number of hydrogen-bond acceptors (Lipinski definition) is 9. The maximum Gasteiger partial charge on any atom is 0.343 e. The number of nitro benzene ring substituents is 1. The van der Waals surface area contributed by atoms with Gasteiger partial charge in [0.2, 0.25) is 0 Å². The number of nitro groups is 1. The van der Waals surface area contributed by atoms with Gasteiger partial charge in [0.05, 0.1) is 17.3 Å². The third-order valence-electron chi connectivity index (χ3n) is 4.71. The van der Waals surface area contributed by atoms with Crippen LogP contribution < -0.4 is 0 Å². The van der Waals surface area contributed by atoms with Crippen molar-refractivity contribution in [1.29, 1.82) is 5.41 Å². The molecule has 0 bridgehead atoms. The zero-order chi connectivity index (χ0) is 24.7. The summed E-state index contributed by atoms with van der Waals surface area (Å²) < 4.78 is 6.76. The van der Waals surface area contributed by atoms with E-state index in [2.05, 4.69) is 10.2 Å². The Morgan fingerprint density at radius 1 is 1.18 bits per heavy atom. The van der Waals surface area contributed by atoms with Gasteiger partial charge in [0.25, 0.3) is 5.69 Å². The molecule has 2 N–H and O–H groups in total. The van der Waals surface area contributed by atoms with Crippen LogP contribution in [0.15, 0.2) is 71.1 Å². The molecule has 1 aromatic heterocycles. The molecule has 3 aromatic rings. The fourth-order valence-electron chi connectivity index (χ4n) is 3.16. The monoisotopic (exact) mass is 481 g/mol. The molecule has 34 heavy (non-hydrogen) atoms. The van der Waals surface area contributed by atoms with Crippen LogP contribution in [-0.2, 0) is 16.0 Å². The number of para-hydroxylation sites is 1. The SMILES string of the molecule is CCOC(=O)C(C(C)=N)=C(O)CSc1nnc(Cc2ccc([N+](=O)[O-])cc2)n1-c1ccccc1. The molecule has 0 aliphatic rings. The summed E-state index contributed by atoms with van der Waals surface area (Å²) in [5.74, 6) is -0.459. The van der Waals surface area contributed by atoms with E-state index in [0.29, 0.717) is 17.4 Å². The second kappa shape index (κ2) is 11.2. The van der Waals surface area contributed by atoms with Crippen LogP contribution in [0, 0.1) is 15.5 Å². The number of nitrogens with zero attached hydrogens (tertiary/aromatic N) is 4. The average Bonchev–Trinajstić information content (AvgIpc) is 3.21. The van der Waals surface area contributed by atoms with E-state index in [-0.39, 0.29) is 35.1 Å². The molecule has 3 rings (SSSR count). The largest absolute Gasteiger partial charge is 0.510 e. The van der Waals surface area contributed by atoms with Crippen molar-refractivity contribution < 1.29 is 19.6 Å². The zero-order valence-corrected chi connectivity index (χ0v) is 19.4. The predicted molar refractivity (Wildman–Crippen MR) is 128 cm³/mol. The quantitative estimate of drug-likeness (QED) is 0.0830. The first-order valence-electron chi connectivity index (χ1n) is 10.3. The number of rotatable bonds is 10. The predicted octanol–water partition coefficient (Wildman–Crippen LogP) is 4.27.